The fourth-order valence-corrected chi connectivity index (χ4v) is 5.72. The average Bonchev–Trinajstić information content (AvgIpc) is 2.92. The van der Waals surface area contributed by atoms with E-state index in [0.29, 0.717) is 0 Å². The van der Waals surface area contributed by atoms with Crippen molar-refractivity contribution in [2.24, 2.45) is 0 Å². The molecule has 0 amide bonds. The highest BCUT2D eigenvalue weighted by Crippen LogP contribution is 2.36. The van der Waals surface area contributed by atoms with Crippen LogP contribution < -0.4 is 10.0 Å². The molecule has 0 aliphatic heterocycles. The van der Waals surface area contributed by atoms with Gasteiger partial charge in [-0.3, -0.25) is 0 Å². The van der Waals surface area contributed by atoms with Crippen molar-refractivity contribution in [2.75, 3.05) is 13.1 Å². The molecule has 4 nitrogen and oxygen atoms in total. The minimum atomic E-state index is -3.66. The quantitative estimate of drug-likeness (QED) is 0.242. The molecule has 0 aliphatic rings. The molecule has 36 heavy (non-hydrogen) atoms. The lowest BCUT2D eigenvalue weighted by molar-refractivity contribution is 0.437. The third-order valence-corrected chi connectivity index (χ3v) is 8.09. The van der Waals surface area contributed by atoms with E-state index in [4.69, 9.17) is 0 Å². The zero-order valence-corrected chi connectivity index (χ0v) is 21.5. The van der Waals surface area contributed by atoms with Crippen LogP contribution in [-0.2, 0) is 22.0 Å². The van der Waals surface area contributed by atoms with Crippen molar-refractivity contribution in [3.8, 4) is 0 Å². The SMILES string of the molecule is Cc1ccc(S(=O)(=O)NCC(CCCNCc2ccccc2)(c2ccccc2)c2ccccc2)cc1. The predicted octanol–water partition coefficient (Wildman–Crippen LogP) is 5.83. The predicted molar refractivity (Wildman–Crippen MR) is 147 cm³/mol. The summed E-state index contributed by atoms with van der Waals surface area (Å²) in [4.78, 5) is 0.285. The zero-order chi connectivity index (χ0) is 25.3. The fraction of sp³-hybridized carbons (Fsp3) is 0.226. The molecule has 0 fully saturated rings. The van der Waals surface area contributed by atoms with Crippen LogP contribution in [0.25, 0.3) is 0 Å². The van der Waals surface area contributed by atoms with Gasteiger partial charge in [0.25, 0.3) is 0 Å². The third-order valence-electron chi connectivity index (χ3n) is 6.68. The van der Waals surface area contributed by atoms with Crippen LogP contribution >= 0.6 is 0 Å². The van der Waals surface area contributed by atoms with Crippen molar-refractivity contribution in [3.05, 3.63) is 138 Å². The van der Waals surface area contributed by atoms with E-state index in [2.05, 4.69) is 46.4 Å². The van der Waals surface area contributed by atoms with Gasteiger partial charge in [-0.2, -0.15) is 0 Å². The standard InChI is InChI=1S/C31H34N2O2S/c1-26-18-20-30(21-19-26)36(34,35)33-25-31(28-14-7-3-8-15-28,29-16-9-4-10-17-29)22-11-23-32-24-27-12-5-2-6-13-27/h2-10,12-21,32-33H,11,22-25H2,1H3. The van der Waals surface area contributed by atoms with E-state index in [-0.39, 0.29) is 11.4 Å². The lowest BCUT2D eigenvalue weighted by Crippen LogP contribution is -2.42. The number of rotatable bonds is 12. The van der Waals surface area contributed by atoms with Crippen LogP contribution in [0.15, 0.2) is 120 Å². The van der Waals surface area contributed by atoms with E-state index < -0.39 is 15.4 Å². The highest BCUT2D eigenvalue weighted by Gasteiger charge is 2.35. The van der Waals surface area contributed by atoms with Crippen LogP contribution in [0.1, 0.15) is 35.1 Å². The summed E-state index contributed by atoms with van der Waals surface area (Å²) < 4.78 is 29.5. The second-order valence-electron chi connectivity index (χ2n) is 9.22. The van der Waals surface area contributed by atoms with E-state index in [9.17, 15) is 8.42 Å². The Morgan fingerprint density at radius 3 is 1.78 bits per heavy atom. The van der Waals surface area contributed by atoms with Crippen molar-refractivity contribution < 1.29 is 8.42 Å². The van der Waals surface area contributed by atoms with Gasteiger partial charge < -0.3 is 5.32 Å². The van der Waals surface area contributed by atoms with Gasteiger partial charge >= 0.3 is 0 Å². The monoisotopic (exact) mass is 498 g/mol. The number of aryl methyl sites for hydroxylation is 1. The first-order chi connectivity index (χ1) is 17.5. The molecule has 0 aromatic heterocycles. The summed E-state index contributed by atoms with van der Waals surface area (Å²) >= 11 is 0. The van der Waals surface area contributed by atoms with Gasteiger partial charge in [0.05, 0.1) is 4.90 Å². The second-order valence-corrected chi connectivity index (χ2v) is 11.0. The van der Waals surface area contributed by atoms with Gasteiger partial charge in [-0.1, -0.05) is 109 Å². The Morgan fingerprint density at radius 1 is 0.694 bits per heavy atom. The van der Waals surface area contributed by atoms with Crippen molar-refractivity contribution in [1.82, 2.24) is 10.0 Å². The van der Waals surface area contributed by atoms with Gasteiger partial charge in [0.1, 0.15) is 0 Å². The van der Waals surface area contributed by atoms with Gasteiger partial charge in [-0.05, 0) is 55.1 Å². The summed E-state index contributed by atoms with van der Waals surface area (Å²) in [6.07, 6.45) is 1.68. The van der Waals surface area contributed by atoms with Crippen molar-refractivity contribution >= 4 is 10.0 Å². The molecule has 0 spiro atoms. The van der Waals surface area contributed by atoms with Gasteiger partial charge in [-0.25, -0.2) is 13.1 Å². The fourth-order valence-electron chi connectivity index (χ4n) is 4.62. The summed E-state index contributed by atoms with van der Waals surface area (Å²) in [7, 11) is -3.66. The van der Waals surface area contributed by atoms with Crippen molar-refractivity contribution in [2.45, 2.75) is 36.6 Å². The zero-order valence-electron chi connectivity index (χ0n) is 20.7. The van der Waals surface area contributed by atoms with Crippen molar-refractivity contribution in [3.63, 3.8) is 0 Å². The first-order valence-corrected chi connectivity index (χ1v) is 13.9. The summed E-state index contributed by atoms with van der Waals surface area (Å²) in [5, 5.41) is 3.54. The van der Waals surface area contributed by atoms with Crippen LogP contribution in [0.3, 0.4) is 0 Å². The Morgan fingerprint density at radius 2 is 1.22 bits per heavy atom. The van der Waals surface area contributed by atoms with E-state index in [1.165, 1.54) is 5.56 Å². The minimum Gasteiger partial charge on any atom is -0.313 e. The van der Waals surface area contributed by atoms with Crippen LogP contribution in [0.2, 0.25) is 0 Å². The molecule has 0 heterocycles. The van der Waals surface area contributed by atoms with Gasteiger partial charge in [0.15, 0.2) is 0 Å². The Kier molecular flexibility index (Phi) is 8.70. The molecular formula is C31H34N2O2S. The molecule has 0 aliphatic carbocycles. The molecule has 0 unspecified atom stereocenters. The highest BCUT2D eigenvalue weighted by atomic mass is 32.2. The number of benzene rings is 4. The van der Waals surface area contributed by atoms with E-state index in [1.807, 2.05) is 73.7 Å². The van der Waals surface area contributed by atoms with Crippen LogP contribution in [0, 0.1) is 6.92 Å². The lowest BCUT2D eigenvalue weighted by atomic mass is 9.71. The van der Waals surface area contributed by atoms with Crippen LogP contribution in [0.4, 0.5) is 0 Å². The maximum Gasteiger partial charge on any atom is 0.240 e. The molecule has 186 valence electrons. The third kappa shape index (κ3) is 6.49. The molecule has 4 rings (SSSR count). The molecule has 0 bridgehead atoms. The number of hydrogen-bond donors (Lipinski definition) is 2. The molecule has 0 saturated heterocycles. The van der Waals surface area contributed by atoms with E-state index in [0.717, 1.165) is 42.6 Å². The second kappa shape index (κ2) is 12.1. The Balaban J connectivity index is 1.58. The smallest absolute Gasteiger partial charge is 0.240 e. The molecular weight excluding hydrogens is 464 g/mol. The largest absolute Gasteiger partial charge is 0.313 e. The maximum atomic E-state index is 13.3. The summed E-state index contributed by atoms with van der Waals surface area (Å²) in [6.45, 7) is 3.87. The topological polar surface area (TPSA) is 58.2 Å². The normalized spacial score (nSPS) is 11.9. The molecule has 0 atom stereocenters. The molecule has 0 saturated carbocycles. The van der Waals surface area contributed by atoms with Crippen molar-refractivity contribution in [1.29, 1.82) is 0 Å². The molecule has 5 heteroatoms. The van der Waals surface area contributed by atoms with E-state index in [1.54, 1.807) is 12.1 Å². The first kappa shape index (κ1) is 25.8. The Labute approximate surface area is 215 Å². The van der Waals surface area contributed by atoms with Crippen LogP contribution in [0.5, 0.6) is 0 Å². The lowest BCUT2D eigenvalue weighted by Gasteiger charge is -2.36. The van der Waals surface area contributed by atoms with E-state index >= 15 is 0 Å². The maximum absolute atomic E-state index is 13.3. The first-order valence-electron chi connectivity index (χ1n) is 12.4. The molecule has 4 aromatic rings. The molecule has 2 N–H and O–H groups in total. The highest BCUT2D eigenvalue weighted by molar-refractivity contribution is 7.89. The van der Waals surface area contributed by atoms with Crippen LogP contribution in [-0.4, -0.2) is 21.5 Å². The number of hydrogen-bond acceptors (Lipinski definition) is 3. The summed E-state index contributed by atoms with van der Waals surface area (Å²) in [5.74, 6) is 0. The summed E-state index contributed by atoms with van der Waals surface area (Å²) in [5.41, 5.74) is 3.98. The molecule has 0 radical (unpaired) electrons. The minimum absolute atomic E-state index is 0.274. The average molecular weight is 499 g/mol. The van der Waals surface area contributed by atoms with Gasteiger partial charge in [-0.15, -0.1) is 0 Å². The van der Waals surface area contributed by atoms with Gasteiger partial charge in [0.2, 0.25) is 10.0 Å². The molecule has 4 aromatic carbocycles. The number of nitrogens with one attached hydrogen (secondary N) is 2. The van der Waals surface area contributed by atoms with Gasteiger partial charge in [0, 0.05) is 18.5 Å². The number of sulfonamides is 1. The Hall–Kier alpha value is -3.25. The summed E-state index contributed by atoms with van der Waals surface area (Å²) in [6, 6.07) is 37.8. The Bertz CT molecular complexity index is 1270.